The van der Waals surface area contributed by atoms with Crippen LogP contribution in [0.4, 0.5) is 0 Å². The summed E-state index contributed by atoms with van der Waals surface area (Å²) >= 11 is 0. The normalized spacial score (nSPS) is 10.5. The van der Waals surface area contributed by atoms with Crippen molar-refractivity contribution in [2.45, 2.75) is 13.3 Å². The van der Waals surface area contributed by atoms with Gasteiger partial charge < -0.3 is 5.73 Å². The molecule has 15 heavy (non-hydrogen) atoms. The Morgan fingerprint density at radius 3 is 2.87 bits per heavy atom. The van der Waals surface area contributed by atoms with Gasteiger partial charge >= 0.3 is 0 Å². The summed E-state index contributed by atoms with van der Waals surface area (Å²) in [5.74, 6) is 0.0221. The fourth-order valence-electron chi connectivity index (χ4n) is 1.65. The van der Waals surface area contributed by atoms with Crippen LogP contribution < -0.4 is 5.73 Å². The molecule has 3 nitrogen and oxygen atoms in total. The fraction of sp³-hybridized carbons (Fsp3) is 0.167. The standard InChI is InChI=1S/C12H13N3/c1-2-8-3-4-9-5-6-15-11(12(13)14)10(9)7-8/h3-7H,2H2,1H3,(H3,13,14). The van der Waals surface area contributed by atoms with Crippen LogP contribution in [-0.2, 0) is 6.42 Å². The number of pyridine rings is 1. The maximum absolute atomic E-state index is 7.46. The summed E-state index contributed by atoms with van der Waals surface area (Å²) in [6, 6.07) is 8.12. The molecule has 0 aliphatic rings. The number of amidine groups is 1. The van der Waals surface area contributed by atoms with Gasteiger partial charge in [-0.15, -0.1) is 0 Å². The zero-order valence-electron chi connectivity index (χ0n) is 8.62. The van der Waals surface area contributed by atoms with Crippen LogP contribution in [0.2, 0.25) is 0 Å². The van der Waals surface area contributed by atoms with E-state index in [1.807, 2.05) is 12.1 Å². The predicted octanol–water partition coefficient (Wildman–Crippen LogP) is 2.08. The molecular formula is C12H13N3. The van der Waals surface area contributed by atoms with E-state index < -0.39 is 0 Å². The Hall–Kier alpha value is -1.90. The first-order chi connectivity index (χ1) is 7.22. The summed E-state index contributed by atoms with van der Waals surface area (Å²) in [5.41, 5.74) is 7.30. The molecule has 0 bridgehead atoms. The van der Waals surface area contributed by atoms with Gasteiger partial charge in [0, 0.05) is 11.6 Å². The van der Waals surface area contributed by atoms with Crippen LogP contribution in [0.1, 0.15) is 18.2 Å². The lowest BCUT2D eigenvalue weighted by molar-refractivity contribution is 1.14. The van der Waals surface area contributed by atoms with E-state index in [9.17, 15) is 0 Å². The van der Waals surface area contributed by atoms with Gasteiger partial charge in [-0.05, 0) is 29.5 Å². The zero-order valence-corrected chi connectivity index (χ0v) is 8.62. The van der Waals surface area contributed by atoms with E-state index in [-0.39, 0.29) is 5.84 Å². The zero-order chi connectivity index (χ0) is 10.8. The Balaban J connectivity index is 2.76. The minimum atomic E-state index is 0.0221. The first kappa shape index (κ1) is 9.65. The van der Waals surface area contributed by atoms with Crippen molar-refractivity contribution in [2.75, 3.05) is 0 Å². The molecule has 3 N–H and O–H groups in total. The van der Waals surface area contributed by atoms with E-state index >= 15 is 0 Å². The second kappa shape index (κ2) is 3.69. The number of nitrogens with two attached hydrogens (primary N) is 1. The lowest BCUT2D eigenvalue weighted by Gasteiger charge is -2.05. The van der Waals surface area contributed by atoms with Gasteiger partial charge in [0.15, 0.2) is 0 Å². The second-order valence-electron chi connectivity index (χ2n) is 3.48. The van der Waals surface area contributed by atoms with Crippen LogP contribution in [0.15, 0.2) is 30.5 Å². The number of hydrogen-bond acceptors (Lipinski definition) is 2. The molecule has 2 aromatic rings. The minimum Gasteiger partial charge on any atom is -0.382 e. The topological polar surface area (TPSA) is 62.8 Å². The Bertz CT molecular complexity index is 517. The first-order valence-electron chi connectivity index (χ1n) is 4.94. The fourth-order valence-corrected chi connectivity index (χ4v) is 1.65. The van der Waals surface area contributed by atoms with Crippen LogP contribution in [-0.4, -0.2) is 10.8 Å². The SMILES string of the molecule is CCc1ccc2ccnc(C(=N)N)c2c1. The molecule has 0 saturated carbocycles. The third-order valence-corrected chi connectivity index (χ3v) is 2.49. The van der Waals surface area contributed by atoms with E-state index in [4.69, 9.17) is 11.1 Å². The van der Waals surface area contributed by atoms with Gasteiger partial charge in [-0.3, -0.25) is 10.4 Å². The number of nitrogen functional groups attached to an aromatic ring is 1. The van der Waals surface area contributed by atoms with Gasteiger partial charge in [0.2, 0.25) is 0 Å². The van der Waals surface area contributed by atoms with Crippen molar-refractivity contribution in [3.63, 3.8) is 0 Å². The van der Waals surface area contributed by atoms with Crippen LogP contribution in [0, 0.1) is 5.41 Å². The minimum absolute atomic E-state index is 0.0221. The number of fused-ring (bicyclic) bond motifs is 1. The summed E-state index contributed by atoms with van der Waals surface area (Å²) in [7, 11) is 0. The average molecular weight is 199 g/mol. The molecule has 0 spiro atoms. The monoisotopic (exact) mass is 199 g/mol. The quantitative estimate of drug-likeness (QED) is 0.574. The van der Waals surface area contributed by atoms with Crippen LogP contribution in [0.3, 0.4) is 0 Å². The number of benzene rings is 1. The molecule has 0 radical (unpaired) electrons. The Morgan fingerprint density at radius 1 is 1.40 bits per heavy atom. The van der Waals surface area contributed by atoms with Crippen LogP contribution in [0.25, 0.3) is 10.8 Å². The van der Waals surface area contributed by atoms with Crippen molar-refractivity contribution >= 4 is 16.6 Å². The van der Waals surface area contributed by atoms with Gasteiger partial charge in [0.1, 0.15) is 11.5 Å². The van der Waals surface area contributed by atoms with E-state index in [2.05, 4.69) is 24.0 Å². The maximum Gasteiger partial charge on any atom is 0.142 e. The van der Waals surface area contributed by atoms with Crippen molar-refractivity contribution in [1.82, 2.24) is 4.98 Å². The molecule has 0 aliphatic carbocycles. The van der Waals surface area contributed by atoms with E-state index in [1.54, 1.807) is 6.20 Å². The van der Waals surface area contributed by atoms with Gasteiger partial charge in [0.25, 0.3) is 0 Å². The van der Waals surface area contributed by atoms with Gasteiger partial charge in [-0.2, -0.15) is 0 Å². The summed E-state index contributed by atoms with van der Waals surface area (Å²) in [4.78, 5) is 4.13. The second-order valence-corrected chi connectivity index (χ2v) is 3.48. The Labute approximate surface area is 88.5 Å². The molecule has 0 fully saturated rings. The molecule has 0 aliphatic heterocycles. The molecule has 0 amide bonds. The molecule has 3 heteroatoms. The third-order valence-electron chi connectivity index (χ3n) is 2.49. The molecular weight excluding hydrogens is 186 g/mol. The first-order valence-corrected chi connectivity index (χ1v) is 4.94. The number of rotatable bonds is 2. The molecule has 1 aromatic carbocycles. The maximum atomic E-state index is 7.46. The van der Waals surface area contributed by atoms with Crippen molar-refractivity contribution in [2.24, 2.45) is 5.73 Å². The summed E-state index contributed by atoms with van der Waals surface area (Å²) in [5, 5.41) is 9.50. The highest BCUT2D eigenvalue weighted by Gasteiger charge is 2.05. The Kier molecular flexibility index (Phi) is 2.37. The smallest absolute Gasteiger partial charge is 0.142 e. The summed E-state index contributed by atoms with van der Waals surface area (Å²) < 4.78 is 0. The lowest BCUT2D eigenvalue weighted by atomic mass is 10.0. The Morgan fingerprint density at radius 2 is 2.20 bits per heavy atom. The molecule has 0 saturated heterocycles. The molecule has 0 unspecified atom stereocenters. The number of nitrogens with zero attached hydrogens (tertiary/aromatic N) is 1. The summed E-state index contributed by atoms with van der Waals surface area (Å²) in [6.07, 6.45) is 2.66. The van der Waals surface area contributed by atoms with Crippen LogP contribution in [0.5, 0.6) is 0 Å². The highest BCUT2D eigenvalue weighted by atomic mass is 14.8. The lowest BCUT2D eigenvalue weighted by Crippen LogP contribution is -2.13. The molecule has 2 rings (SSSR count). The highest BCUT2D eigenvalue weighted by Crippen LogP contribution is 2.18. The summed E-state index contributed by atoms with van der Waals surface area (Å²) in [6.45, 7) is 2.10. The number of hydrogen-bond donors (Lipinski definition) is 2. The number of nitrogens with one attached hydrogen (secondary N) is 1. The van der Waals surface area contributed by atoms with Crippen molar-refractivity contribution < 1.29 is 0 Å². The number of aryl methyl sites for hydroxylation is 1. The van der Waals surface area contributed by atoms with E-state index in [1.165, 1.54) is 5.56 Å². The predicted molar refractivity (Wildman–Crippen MR) is 62.1 cm³/mol. The van der Waals surface area contributed by atoms with E-state index in [0.29, 0.717) is 5.69 Å². The highest BCUT2D eigenvalue weighted by molar-refractivity contribution is 6.05. The van der Waals surface area contributed by atoms with Crippen LogP contribution >= 0.6 is 0 Å². The van der Waals surface area contributed by atoms with Crippen molar-refractivity contribution in [3.8, 4) is 0 Å². The molecule has 0 atom stereocenters. The van der Waals surface area contributed by atoms with E-state index in [0.717, 1.165) is 17.2 Å². The molecule has 1 aromatic heterocycles. The van der Waals surface area contributed by atoms with Gasteiger partial charge in [-0.25, -0.2) is 0 Å². The number of aromatic nitrogens is 1. The van der Waals surface area contributed by atoms with Gasteiger partial charge in [-0.1, -0.05) is 19.1 Å². The molecule has 76 valence electrons. The van der Waals surface area contributed by atoms with Gasteiger partial charge in [0.05, 0.1) is 0 Å². The average Bonchev–Trinajstić information content (AvgIpc) is 2.27. The molecule has 1 heterocycles. The third kappa shape index (κ3) is 1.68. The van der Waals surface area contributed by atoms with Crippen molar-refractivity contribution in [1.29, 1.82) is 5.41 Å². The van der Waals surface area contributed by atoms with Crippen molar-refractivity contribution in [3.05, 3.63) is 41.7 Å². The largest absolute Gasteiger partial charge is 0.382 e.